The molecule has 2 heterocycles. The van der Waals surface area contributed by atoms with Crippen molar-refractivity contribution in [3.05, 3.63) is 65.6 Å². The van der Waals surface area contributed by atoms with Crippen LogP contribution >= 0.6 is 0 Å². The molecule has 0 unspecified atom stereocenters. The first-order chi connectivity index (χ1) is 15.3. The number of imide groups is 1. The minimum atomic E-state index is -0.496. The van der Waals surface area contributed by atoms with Gasteiger partial charge in [0.05, 0.1) is 17.9 Å². The largest absolute Gasteiger partial charge is 0.493 e. The zero-order valence-electron chi connectivity index (χ0n) is 18.7. The van der Waals surface area contributed by atoms with E-state index in [1.165, 1.54) is 18.2 Å². The zero-order chi connectivity index (χ0) is 22.8. The summed E-state index contributed by atoms with van der Waals surface area (Å²) in [6.07, 6.45) is 0. The van der Waals surface area contributed by atoms with Gasteiger partial charge in [0.2, 0.25) is 0 Å². The normalized spacial score (nSPS) is 17.7. The number of likely N-dealkylation sites (N-methyl/N-ethyl adjacent to an activating group) is 1. The third kappa shape index (κ3) is 4.39. The Kier molecular flexibility index (Phi) is 6.28. The van der Waals surface area contributed by atoms with Crippen molar-refractivity contribution in [2.45, 2.75) is 13.8 Å². The fourth-order valence-corrected chi connectivity index (χ4v) is 3.93. The van der Waals surface area contributed by atoms with Gasteiger partial charge in [-0.1, -0.05) is 32.0 Å². The maximum Gasteiger partial charge on any atom is 0.282 e. The monoisotopic (exact) mass is 437 g/mol. The third-order valence-corrected chi connectivity index (χ3v) is 5.67. The Balaban J connectivity index is 1.72. The molecule has 168 valence electrons. The Bertz CT molecular complexity index is 1040. The lowest BCUT2D eigenvalue weighted by molar-refractivity contribution is -0.120. The summed E-state index contributed by atoms with van der Waals surface area (Å²) in [4.78, 5) is 32.2. The molecule has 0 aromatic heterocycles. The number of rotatable bonds is 6. The Morgan fingerprint density at radius 2 is 1.66 bits per heavy atom. The first-order valence-electron chi connectivity index (χ1n) is 10.9. The number of anilines is 1. The number of benzene rings is 2. The second-order valence-electron chi connectivity index (χ2n) is 8.67. The van der Waals surface area contributed by atoms with Gasteiger partial charge in [-0.3, -0.25) is 9.59 Å². The van der Waals surface area contributed by atoms with E-state index in [9.17, 15) is 14.0 Å². The lowest BCUT2D eigenvalue weighted by atomic mass is 10.0. The van der Waals surface area contributed by atoms with Gasteiger partial charge < -0.3 is 14.5 Å². The molecular formula is C25H28FN3O3. The third-order valence-electron chi connectivity index (χ3n) is 5.67. The van der Waals surface area contributed by atoms with Crippen LogP contribution < -0.4 is 9.64 Å². The van der Waals surface area contributed by atoms with Crippen LogP contribution in [0.3, 0.4) is 0 Å². The molecule has 0 spiro atoms. The highest BCUT2D eigenvalue weighted by atomic mass is 19.1. The molecule has 0 aliphatic carbocycles. The van der Waals surface area contributed by atoms with Gasteiger partial charge in [-0.25, -0.2) is 9.29 Å². The first-order valence-corrected chi connectivity index (χ1v) is 10.9. The predicted octanol–water partition coefficient (Wildman–Crippen LogP) is 3.39. The van der Waals surface area contributed by atoms with E-state index in [1.807, 2.05) is 24.1 Å². The van der Waals surface area contributed by atoms with Crippen LogP contribution in [-0.4, -0.2) is 61.4 Å². The van der Waals surface area contributed by atoms with Crippen molar-refractivity contribution in [3.63, 3.8) is 0 Å². The molecule has 1 saturated heterocycles. The standard InChI is InChI=1S/C25H28FN3O3/c1-17(2)16-32-21-9-7-18(8-10-21)22-23(28-13-11-27(3)12-14-28)25(31)29(24(22)30)20-6-4-5-19(26)15-20/h4-10,15,17H,11-14,16H2,1-3H3. The van der Waals surface area contributed by atoms with E-state index in [0.717, 1.165) is 18.0 Å². The van der Waals surface area contributed by atoms with Crippen LogP contribution in [0.4, 0.5) is 10.1 Å². The quantitative estimate of drug-likeness (QED) is 0.649. The molecule has 2 aromatic rings. The Labute approximate surface area is 187 Å². The van der Waals surface area contributed by atoms with Gasteiger partial charge in [-0.05, 0) is 48.9 Å². The van der Waals surface area contributed by atoms with Crippen molar-refractivity contribution >= 4 is 23.1 Å². The van der Waals surface area contributed by atoms with Gasteiger partial charge in [0.25, 0.3) is 11.8 Å². The highest BCUT2D eigenvalue weighted by Crippen LogP contribution is 2.35. The lowest BCUT2D eigenvalue weighted by Gasteiger charge is -2.34. The molecule has 2 aliphatic rings. The van der Waals surface area contributed by atoms with E-state index >= 15 is 0 Å². The fraction of sp³-hybridized carbons (Fsp3) is 0.360. The number of carbonyl (C=O) groups is 2. The summed E-state index contributed by atoms with van der Waals surface area (Å²) < 4.78 is 19.6. The van der Waals surface area contributed by atoms with E-state index in [2.05, 4.69) is 18.7 Å². The highest BCUT2D eigenvalue weighted by Gasteiger charge is 2.43. The summed E-state index contributed by atoms with van der Waals surface area (Å²) in [6, 6.07) is 12.8. The average molecular weight is 438 g/mol. The zero-order valence-corrected chi connectivity index (χ0v) is 18.7. The summed E-state index contributed by atoms with van der Waals surface area (Å²) in [5.41, 5.74) is 1.61. The summed E-state index contributed by atoms with van der Waals surface area (Å²) in [5.74, 6) is -0.243. The minimum Gasteiger partial charge on any atom is -0.493 e. The summed E-state index contributed by atoms with van der Waals surface area (Å²) >= 11 is 0. The first kappa shape index (κ1) is 22.0. The maximum absolute atomic E-state index is 13.9. The molecule has 0 atom stereocenters. The van der Waals surface area contributed by atoms with Gasteiger partial charge in [0.15, 0.2) is 0 Å². The minimum absolute atomic E-state index is 0.235. The number of carbonyl (C=O) groups excluding carboxylic acids is 2. The smallest absolute Gasteiger partial charge is 0.282 e. The highest BCUT2D eigenvalue weighted by molar-refractivity contribution is 6.45. The number of hydrogen-bond donors (Lipinski definition) is 0. The molecule has 6 nitrogen and oxygen atoms in total. The Morgan fingerprint density at radius 3 is 2.28 bits per heavy atom. The molecule has 4 rings (SSSR count). The number of hydrogen-bond acceptors (Lipinski definition) is 5. The number of amides is 2. The molecule has 2 aromatic carbocycles. The van der Waals surface area contributed by atoms with Crippen LogP contribution in [0.5, 0.6) is 5.75 Å². The molecule has 7 heteroatoms. The molecular weight excluding hydrogens is 409 g/mol. The SMILES string of the molecule is CC(C)COc1ccc(C2=C(N3CCN(C)CC3)C(=O)N(c3cccc(F)c3)C2=O)cc1. The molecule has 1 fully saturated rings. The number of halogens is 1. The molecule has 32 heavy (non-hydrogen) atoms. The van der Waals surface area contributed by atoms with E-state index in [1.54, 1.807) is 18.2 Å². The summed E-state index contributed by atoms with van der Waals surface area (Å²) in [5, 5.41) is 0. The lowest BCUT2D eigenvalue weighted by Crippen LogP contribution is -2.46. The van der Waals surface area contributed by atoms with Crippen LogP contribution in [0.15, 0.2) is 54.2 Å². The van der Waals surface area contributed by atoms with Crippen molar-refractivity contribution in [3.8, 4) is 5.75 Å². The Morgan fingerprint density at radius 1 is 0.969 bits per heavy atom. The van der Waals surface area contributed by atoms with Crippen LogP contribution in [0.1, 0.15) is 19.4 Å². The van der Waals surface area contributed by atoms with Crippen LogP contribution in [0, 0.1) is 11.7 Å². The topological polar surface area (TPSA) is 53.1 Å². The predicted molar refractivity (Wildman–Crippen MR) is 122 cm³/mol. The van der Waals surface area contributed by atoms with Crippen molar-refractivity contribution in [2.75, 3.05) is 44.7 Å². The van der Waals surface area contributed by atoms with Gasteiger partial charge in [-0.2, -0.15) is 0 Å². The molecule has 0 saturated carbocycles. The Hall–Kier alpha value is -3.19. The van der Waals surface area contributed by atoms with Crippen molar-refractivity contribution < 1.29 is 18.7 Å². The molecule has 2 amide bonds. The van der Waals surface area contributed by atoms with E-state index in [4.69, 9.17) is 4.74 Å². The molecule has 0 radical (unpaired) electrons. The van der Waals surface area contributed by atoms with Gasteiger partial charge >= 0.3 is 0 Å². The van der Waals surface area contributed by atoms with Crippen LogP contribution in [0.2, 0.25) is 0 Å². The molecule has 0 N–H and O–H groups in total. The van der Waals surface area contributed by atoms with Crippen molar-refractivity contribution in [2.24, 2.45) is 5.92 Å². The maximum atomic E-state index is 13.9. The van der Waals surface area contributed by atoms with Crippen LogP contribution in [-0.2, 0) is 9.59 Å². The number of nitrogens with zero attached hydrogens (tertiary/aromatic N) is 3. The molecule has 0 bridgehead atoms. The second kappa shape index (κ2) is 9.12. The van der Waals surface area contributed by atoms with Gasteiger partial charge in [-0.15, -0.1) is 0 Å². The van der Waals surface area contributed by atoms with Gasteiger partial charge in [0, 0.05) is 26.2 Å². The molecule has 2 aliphatic heterocycles. The van der Waals surface area contributed by atoms with E-state index < -0.39 is 17.6 Å². The van der Waals surface area contributed by atoms with E-state index in [-0.39, 0.29) is 5.69 Å². The number of ether oxygens (including phenoxy) is 1. The number of piperazine rings is 1. The second-order valence-corrected chi connectivity index (χ2v) is 8.67. The fourth-order valence-electron chi connectivity index (χ4n) is 3.93. The summed E-state index contributed by atoms with van der Waals surface area (Å²) in [6.45, 7) is 7.61. The average Bonchev–Trinajstić information content (AvgIpc) is 3.03. The van der Waals surface area contributed by atoms with Crippen molar-refractivity contribution in [1.29, 1.82) is 0 Å². The van der Waals surface area contributed by atoms with E-state index in [0.29, 0.717) is 48.2 Å². The van der Waals surface area contributed by atoms with Crippen LogP contribution in [0.25, 0.3) is 5.57 Å². The summed E-state index contributed by atoms with van der Waals surface area (Å²) in [7, 11) is 2.03. The van der Waals surface area contributed by atoms with Crippen molar-refractivity contribution in [1.82, 2.24) is 9.80 Å². The van der Waals surface area contributed by atoms with Gasteiger partial charge in [0.1, 0.15) is 17.3 Å².